The van der Waals surface area contributed by atoms with Crippen LogP contribution in [-0.4, -0.2) is 16.7 Å². The zero-order valence-electron chi connectivity index (χ0n) is 7.86. The van der Waals surface area contributed by atoms with Crippen molar-refractivity contribution < 1.29 is 9.72 Å². The topological polar surface area (TPSA) is 60.2 Å². The van der Waals surface area contributed by atoms with Crippen molar-refractivity contribution in [2.75, 3.05) is 0 Å². The first kappa shape index (κ1) is 10.2. The van der Waals surface area contributed by atoms with E-state index in [1.54, 1.807) is 0 Å². The van der Waals surface area contributed by atoms with Gasteiger partial charge in [-0.05, 0) is 12.8 Å². The minimum absolute atomic E-state index is 0.0127. The molecule has 1 aliphatic rings. The molecule has 4 nitrogen and oxygen atoms in total. The van der Waals surface area contributed by atoms with Gasteiger partial charge in [0.2, 0.25) is 6.04 Å². The minimum atomic E-state index is -0.510. The number of carbonyl (C=O) groups is 1. The molecule has 0 bridgehead atoms. The van der Waals surface area contributed by atoms with Gasteiger partial charge in [0.1, 0.15) is 5.78 Å². The molecule has 0 amide bonds. The Kier molecular flexibility index (Phi) is 3.39. The number of carbonyl (C=O) groups excluding carboxylic acids is 1. The molecule has 1 unspecified atom stereocenters. The monoisotopic (exact) mass is 185 g/mol. The quantitative estimate of drug-likeness (QED) is 0.497. The van der Waals surface area contributed by atoms with Gasteiger partial charge >= 0.3 is 0 Å². The summed E-state index contributed by atoms with van der Waals surface area (Å²) >= 11 is 0. The van der Waals surface area contributed by atoms with Gasteiger partial charge < -0.3 is 0 Å². The highest BCUT2D eigenvalue weighted by atomic mass is 16.6. The third kappa shape index (κ3) is 2.50. The number of ketones is 1. The van der Waals surface area contributed by atoms with E-state index in [9.17, 15) is 14.9 Å². The second-order valence-corrected chi connectivity index (χ2v) is 3.66. The van der Waals surface area contributed by atoms with Gasteiger partial charge in [0.05, 0.1) is 0 Å². The zero-order valence-corrected chi connectivity index (χ0v) is 7.86. The lowest BCUT2D eigenvalue weighted by atomic mass is 9.82. The first-order chi connectivity index (χ1) is 6.15. The predicted octanol–water partition coefficient (Wildman–Crippen LogP) is 1.80. The van der Waals surface area contributed by atoms with Gasteiger partial charge in [-0.15, -0.1) is 0 Å². The second-order valence-electron chi connectivity index (χ2n) is 3.66. The van der Waals surface area contributed by atoms with Crippen LogP contribution in [-0.2, 0) is 4.79 Å². The minimum Gasteiger partial charge on any atom is -0.300 e. The van der Waals surface area contributed by atoms with Crippen molar-refractivity contribution in [3.05, 3.63) is 10.1 Å². The number of hydrogen-bond donors (Lipinski definition) is 0. The summed E-state index contributed by atoms with van der Waals surface area (Å²) in [6.07, 6.45) is 3.23. The molecule has 13 heavy (non-hydrogen) atoms. The number of nitrogens with zero attached hydrogens (tertiary/aromatic N) is 1. The Bertz CT molecular complexity index is 215. The van der Waals surface area contributed by atoms with Crippen LogP contribution in [0, 0.1) is 16.0 Å². The Labute approximate surface area is 77.5 Å². The predicted molar refractivity (Wildman–Crippen MR) is 48.0 cm³/mol. The average molecular weight is 185 g/mol. The molecular formula is C9H15NO3. The molecule has 1 rings (SSSR count). The van der Waals surface area contributed by atoms with Gasteiger partial charge in [-0.25, -0.2) is 0 Å². The third-order valence-electron chi connectivity index (χ3n) is 2.75. The van der Waals surface area contributed by atoms with Crippen molar-refractivity contribution in [1.29, 1.82) is 0 Å². The maximum atomic E-state index is 11.1. The maximum absolute atomic E-state index is 11.1. The molecule has 0 aromatic heterocycles. The lowest BCUT2D eigenvalue weighted by Crippen LogP contribution is -2.32. The molecule has 0 heterocycles. The molecule has 0 N–H and O–H groups in total. The standard InChI is InChI=1S/C9H15NO3/c1-2-9(10(12)13)7-4-3-5-8(11)6-7/h7,9H,2-6H2,1H3/t7-,9?/m0/s1. The molecule has 1 aliphatic carbocycles. The summed E-state index contributed by atoms with van der Waals surface area (Å²) in [6, 6.07) is -0.510. The van der Waals surface area contributed by atoms with E-state index in [2.05, 4.69) is 0 Å². The molecule has 0 spiro atoms. The Morgan fingerprint density at radius 2 is 2.38 bits per heavy atom. The third-order valence-corrected chi connectivity index (χ3v) is 2.75. The summed E-state index contributed by atoms with van der Waals surface area (Å²) in [5.74, 6) is 0.179. The fourth-order valence-electron chi connectivity index (χ4n) is 2.04. The molecule has 74 valence electrons. The van der Waals surface area contributed by atoms with Crippen LogP contribution in [0.4, 0.5) is 0 Å². The van der Waals surface area contributed by atoms with Gasteiger partial charge in [0, 0.05) is 30.1 Å². The second kappa shape index (κ2) is 4.35. The Morgan fingerprint density at radius 1 is 1.69 bits per heavy atom. The van der Waals surface area contributed by atoms with Crippen LogP contribution < -0.4 is 0 Å². The van der Waals surface area contributed by atoms with Crippen LogP contribution in [0.5, 0.6) is 0 Å². The van der Waals surface area contributed by atoms with Crippen molar-refractivity contribution in [2.45, 2.75) is 45.1 Å². The summed E-state index contributed by atoms with van der Waals surface area (Å²) in [5, 5.41) is 10.6. The molecule has 0 aromatic carbocycles. The van der Waals surface area contributed by atoms with E-state index in [0.717, 1.165) is 12.8 Å². The van der Waals surface area contributed by atoms with E-state index in [1.165, 1.54) is 0 Å². The largest absolute Gasteiger partial charge is 0.300 e. The fraction of sp³-hybridized carbons (Fsp3) is 0.889. The number of Topliss-reactive ketones (excluding diaryl/α,β-unsaturated/α-hetero) is 1. The Hall–Kier alpha value is -0.930. The van der Waals surface area contributed by atoms with Crippen molar-refractivity contribution in [1.82, 2.24) is 0 Å². The first-order valence-corrected chi connectivity index (χ1v) is 4.80. The fourth-order valence-corrected chi connectivity index (χ4v) is 2.04. The van der Waals surface area contributed by atoms with Gasteiger partial charge in [0.25, 0.3) is 0 Å². The van der Waals surface area contributed by atoms with Gasteiger partial charge in [-0.1, -0.05) is 6.92 Å². The van der Waals surface area contributed by atoms with Gasteiger partial charge in [-0.3, -0.25) is 14.9 Å². The first-order valence-electron chi connectivity index (χ1n) is 4.80. The summed E-state index contributed by atoms with van der Waals surface area (Å²) in [4.78, 5) is 21.5. The number of hydrogen-bond acceptors (Lipinski definition) is 3. The van der Waals surface area contributed by atoms with Crippen LogP contribution in [0.1, 0.15) is 39.0 Å². The van der Waals surface area contributed by atoms with Crippen molar-refractivity contribution in [3.8, 4) is 0 Å². The average Bonchev–Trinajstić information content (AvgIpc) is 2.04. The molecule has 0 aromatic rings. The van der Waals surface area contributed by atoms with E-state index in [-0.39, 0.29) is 16.6 Å². The molecule has 0 aliphatic heterocycles. The smallest absolute Gasteiger partial charge is 0.216 e. The number of rotatable bonds is 3. The van der Waals surface area contributed by atoms with Crippen LogP contribution >= 0.6 is 0 Å². The molecular weight excluding hydrogens is 170 g/mol. The van der Waals surface area contributed by atoms with Gasteiger partial charge in [-0.2, -0.15) is 0 Å². The molecule has 2 atom stereocenters. The lowest BCUT2D eigenvalue weighted by molar-refractivity contribution is -0.533. The molecule has 0 saturated heterocycles. The van der Waals surface area contributed by atoms with Crippen molar-refractivity contribution >= 4 is 5.78 Å². The SMILES string of the molecule is CCC([C@H]1CCCC(=O)C1)[N+](=O)[O-]. The normalized spacial score (nSPS) is 25.6. The van der Waals surface area contributed by atoms with E-state index in [1.807, 2.05) is 6.92 Å². The Morgan fingerprint density at radius 3 is 2.85 bits per heavy atom. The van der Waals surface area contributed by atoms with E-state index < -0.39 is 6.04 Å². The van der Waals surface area contributed by atoms with Crippen LogP contribution in [0.25, 0.3) is 0 Å². The van der Waals surface area contributed by atoms with E-state index >= 15 is 0 Å². The highest BCUT2D eigenvalue weighted by Gasteiger charge is 2.33. The van der Waals surface area contributed by atoms with Crippen LogP contribution in [0.2, 0.25) is 0 Å². The van der Waals surface area contributed by atoms with Crippen molar-refractivity contribution in [2.24, 2.45) is 5.92 Å². The van der Waals surface area contributed by atoms with Crippen LogP contribution in [0.15, 0.2) is 0 Å². The van der Waals surface area contributed by atoms with Crippen LogP contribution in [0.3, 0.4) is 0 Å². The summed E-state index contributed by atoms with van der Waals surface area (Å²) in [6.45, 7) is 1.81. The van der Waals surface area contributed by atoms with E-state index in [4.69, 9.17) is 0 Å². The van der Waals surface area contributed by atoms with E-state index in [0.29, 0.717) is 19.3 Å². The highest BCUT2D eigenvalue weighted by molar-refractivity contribution is 5.79. The van der Waals surface area contributed by atoms with Crippen molar-refractivity contribution in [3.63, 3.8) is 0 Å². The lowest BCUT2D eigenvalue weighted by Gasteiger charge is -2.22. The number of nitro groups is 1. The summed E-state index contributed by atoms with van der Waals surface area (Å²) in [7, 11) is 0. The zero-order chi connectivity index (χ0) is 9.84. The maximum Gasteiger partial charge on any atom is 0.216 e. The van der Waals surface area contributed by atoms with Gasteiger partial charge in [0.15, 0.2) is 0 Å². The highest BCUT2D eigenvalue weighted by Crippen LogP contribution is 2.27. The summed E-state index contributed by atoms with van der Waals surface area (Å²) < 4.78 is 0. The Balaban J connectivity index is 2.57. The summed E-state index contributed by atoms with van der Waals surface area (Å²) in [5.41, 5.74) is 0. The molecule has 4 heteroatoms. The molecule has 1 saturated carbocycles. The molecule has 1 fully saturated rings. The molecule has 0 radical (unpaired) electrons.